The summed E-state index contributed by atoms with van der Waals surface area (Å²) in [5.74, 6) is 0.0581. The van der Waals surface area contributed by atoms with E-state index in [0.29, 0.717) is 56.0 Å². The van der Waals surface area contributed by atoms with Crippen molar-refractivity contribution in [1.29, 1.82) is 0 Å². The first-order valence-corrected chi connectivity index (χ1v) is 11.8. The first kappa shape index (κ1) is 23.6. The summed E-state index contributed by atoms with van der Waals surface area (Å²) >= 11 is 6.17. The number of methoxy groups -OCH3 is 1. The third-order valence-corrected chi connectivity index (χ3v) is 6.87. The Labute approximate surface area is 198 Å². The van der Waals surface area contributed by atoms with Gasteiger partial charge in [0.15, 0.2) is 0 Å². The smallest absolute Gasteiger partial charge is 0.339 e. The number of hydrogen-bond donors (Lipinski definition) is 1. The molecule has 1 saturated heterocycles. The predicted octanol–water partition coefficient (Wildman–Crippen LogP) is 3.44. The van der Waals surface area contributed by atoms with Crippen LogP contribution in [0, 0.1) is 5.41 Å². The summed E-state index contributed by atoms with van der Waals surface area (Å²) in [6.45, 7) is 4.88. The van der Waals surface area contributed by atoms with Crippen LogP contribution in [0.4, 0.5) is 0 Å². The highest BCUT2D eigenvalue weighted by atomic mass is 35.5. The zero-order valence-electron chi connectivity index (χ0n) is 19.1. The van der Waals surface area contributed by atoms with Gasteiger partial charge in [-0.25, -0.2) is 4.79 Å². The van der Waals surface area contributed by atoms with Crippen LogP contribution in [0.5, 0.6) is 5.75 Å². The maximum Gasteiger partial charge on any atom is 0.339 e. The monoisotopic (exact) mass is 475 g/mol. The lowest BCUT2D eigenvalue weighted by Gasteiger charge is -2.36. The standard InChI is InChI=1S/C24H30ClN3O5/c1-3-19-21-20(14-24(15-26-22(21)29)7-11-32-12-8-24)28(27-19)9-4-10-33-23(30)17-6-5-16(31-2)13-18(17)25/h5-6,13H,3-4,7-12,14-15H2,1-2H3,(H,26,29). The summed E-state index contributed by atoms with van der Waals surface area (Å²) < 4.78 is 18.1. The SMILES string of the molecule is CCc1nn(CCCOC(=O)c2ccc(OC)cc2Cl)c2c1C(=O)NCC1(CCOCC1)C2. The van der Waals surface area contributed by atoms with Crippen molar-refractivity contribution in [2.45, 2.75) is 45.6 Å². The van der Waals surface area contributed by atoms with Gasteiger partial charge in [-0.05, 0) is 49.3 Å². The minimum Gasteiger partial charge on any atom is -0.497 e. The predicted molar refractivity (Wildman–Crippen MR) is 123 cm³/mol. The number of amides is 1. The first-order chi connectivity index (χ1) is 16.0. The largest absolute Gasteiger partial charge is 0.497 e. The fraction of sp³-hybridized carbons (Fsp3) is 0.542. The van der Waals surface area contributed by atoms with Crippen molar-refractivity contribution < 1.29 is 23.8 Å². The molecule has 4 rings (SSSR count). The average molecular weight is 476 g/mol. The number of nitrogens with one attached hydrogen (secondary N) is 1. The number of aryl methyl sites for hydroxylation is 2. The Balaban J connectivity index is 1.44. The third kappa shape index (κ3) is 5.01. The number of hydrogen-bond acceptors (Lipinski definition) is 6. The highest BCUT2D eigenvalue weighted by Gasteiger charge is 2.39. The minimum absolute atomic E-state index is 0.000461. The molecule has 0 radical (unpaired) electrons. The number of carbonyl (C=O) groups excluding carboxylic acids is 2. The molecular formula is C24H30ClN3O5. The third-order valence-electron chi connectivity index (χ3n) is 6.56. The first-order valence-electron chi connectivity index (χ1n) is 11.4. The highest BCUT2D eigenvalue weighted by molar-refractivity contribution is 6.33. The quantitative estimate of drug-likeness (QED) is 0.487. The number of ether oxygens (including phenoxy) is 3. The van der Waals surface area contributed by atoms with Crippen LogP contribution in [-0.4, -0.2) is 55.1 Å². The fourth-order valence-corrected chi connectivity index (χ4v) is 4.85. The van der Waals surface area contributed by atoms with Crippen LogP contribution in [0.3, 0.4) is 0 Å². The lowest BCUT2D eigenvalue weighted by atomic mass is 9.76. The number of aromatic nitrogens is 2. The van der Waals surface area contributed by atoms with Crippen molar-refractivity contribution >= 4 is 23.5 Å². The Morgan fingerprint density at radius 3 is 2.82 bits per heavy atom. The Morgan fingerprint density at radius 2 is 2.12 bits per heavy atom. The van der Waals surface area contributed by atoms with E-state index >= 15 is 0 Å². The van der Waals surface area contributed by atoms with Crippen LogP contribution < -0.4 is 10.1 Å². The molecule has 1 aromatic heterocycles. The number of esters is 1. The molecule has 1 spiro atoms. The second-order valence-corrected chi connectivity index (χ2v) is 9.06. The van der Waals surface area contributed by atoms with Crippen LogP contribution in [0.2, 0.25) is 5.02 Å². The zero-order chi connectivity index (χ0) is 23.4. The molecule has 33 heavy (non-hydrogen) atoms. The van der Waals surface area contributed by atoms with E-state index in [9.17, 15) is 9.59 Å². The van der Waals surface area contributed by atoms with Gasteiger partial charge in [-0.3, -0.25) is 9.48 Å². The molecule has 2 aliphatic rings. The van der Waals surface area contributed by atoms with E-state index in [-0.39, 0.29) is 23.0 Å². The van der Waals surface area contributed by atoms with Crippen molar-refractivity contribution in [2.75, 3.05) is 33.5 Å². The summed E-state index contributed by atoms with van der Waals surface area (Å²) in [7, 11) is 1.54. The second kappa shape index (κ2) is 10.1. The minimum atomic E-state index is -0.475. The number of carbonyl (C=O) groups is 2. The maximum absolute atomic E-state index is 12.9. The highest BCUT2D eigenvalue weighted by Crippen LogP contribution is 2.37. The van der Waals surface area contributed by atoms with E-state index in [4.69, 9.17) is 30.9 Å². The lowest BCUT2D eigenvalue weighted by Crippen LogP contribution is -2.40. The summed E-state index contributed by atoms with van der Waals surface area (Å²) in [4.78, 5) is 25.3. The van der Waals surface area contributed by atoms with Crippen LogP contribution in [-0.2, 0) is 28.9 Å². The number of fused-ring (bicyclic) bond motifs is 1. The maximum atomic E-state index is 12.9. The molecular weight excluding hydrogens is 446 g/mol. The van der Waals surface area contributed by atoms with Gasteiger partial charge in [-0.15, -0.1) is 0 Å². The molecule has 0 aliphatic carbocycles. The molecule has 0 unspecified atom stereocenters. The molecule has 0 saturated carbocycles. The van der Waals surface area contributed by atoms with E-state index in [0.717, 1.165) is 30.7 Å². The topological polar surface area (TPSA) is 91.7 Å². The van der Waals surface area contributed by atoms with Gasteiger partial charge in [0.05, 0.1) is 41.3 Å². The Morgan fingerprint density at radius 1 is 1.33 bits per heavy atom. The van der Waals surface area contributed by atoms with Gasteiger partial charge in [-0.2, -0.15) is 5.10 Å². The summed E-state index contributed by atoms with van der Waals surface area (Å²) in [6, 6.07) is 4.85. The number of rotatable bonds is 7. The molecule has 1 fully saturated rings. The lowest BCUT2D eigenvalue weighted by molar-refractivity contribution is 0.0152. The van der Waals surface area contributed by atoms with Gasteiger partial charge in [0.2, 0.25) is 0 Å². The number of benzene rings is 1. The normalized spacial score (nSPS) is 17.2. The van der Waals surface area contributed by atoms with Crippen molar-refractivity contribution in [3.8, 4) is 5.75 Å². The van der Waals surface area contributed by atoms with Crippen molar-refractivity contribution in [1.82, 2.24) is 15.1 Å². The van der Waals surface area contributed by atoms with Gasteiger partial charge < -0.3 is 19.5 Å². The Kier molecular flexibility index (Phi) is 7.24. The van der Waals surface area contributed by atoms with Crippen LogP contribution in [0.25, 0.3) is 0 Å². The van der Waals surface area contributed by atoms with E-state index in [1.807, 2.05) is 11.6 Å². The van der Waals surface area contributed by atoms with E-state index < -0.39 is 5.97 Å². The molecule has 1 N–H and O–H groups in total. The van der Waals surface area contributed by atoms with Crippen LogP contribution in [0.15, 0.2) is 18.2 Å². The van der Waals surface area contributed by atoms with Gasteiger partial charge in [0.25, 0.3) is 5.91 Å². The molecule has 0 atom stereocenters. The Bertz CT molecular complexity index is 1030. The molecule has 0 bridgehead atoms. The molecule has 9 heteroatoms. The molecule has 2 aromatic rings. The van der Waals surface area contributed by atoms with Gasteiger partial charge in [-0.1, -0.05) is 18.5 Å². The van der Waals surface area contributed by atoms with Crippen molar-refractivity contribution in [3.05, 3.63) is 45.7 Å². The van der Waals surface area contributed by atoms with Crippen molar-refractivity contribution in [2.24, 2.45) is 5.41 Å². The van der Waals surface area contributed by atoms with Gasteiger partial charge >= 0.3 is 5.97 Å². The molecule has 2 aliphatic heterocycles. The van der Waals surface area contributed by atoms with Crippen LogP contribution in [0.1, 0.15) is 58.3 Å². The fourth-order valence-electron chi connectivity index (χ4n) is 4.60. The van der Waals surface area contributed by atoms with Gasteiger partial charge in [0, 0.05) is 32.7 Å². The van der Waals surface area contributed by atoms with E-state index in [1.54, 1.807) is 18.2 Å². The molecule has 178 valence electrons. The Hall–Kier alpha value is -2.58. The molecule has 1 aromatic carbocycles. The number of nitrogens with zero attached hydrogens (tertiary/aromatic N) is 2. The zero-order valence-corrected chi connectivity index (χ0v) is 19.9. The van der Waals surface area contributed by atoms with Crippen LogP contribution >= 0.6 is 11.6 Å². The summed E-state index contributed by atoms with van der Waals surface area (Å²) in [5.41, 5.74) is 2.81. The van der Waals surface area contributed by atoms with Crippen molar-refractivity contribution in [3.63, 3.8) is 0 Å². The second-order valence-electron chi connectivity index (χ2n) is 8.65. The molecule has 8 nitrogen and oxygen atoms in total. The summed E-state index contributed by atoms with van der Waals surface area (Å²) in [6.07, 6.45) is 3.89. The average Bonchev–Trinajstić information content (AvgIpc) is 3.10. The molecule has 1 amide bonds. The molecule has 3 heterocycles. The summed E-state index contributed by atoms with van der Waals surface area (Å²) in [5, 5.41) is 8.15. The van der Waals surface area contributed by atoms with E-state index in [1.165, 1.54) is 7.11 Å². The van der Waals surface area contributed by atoms with Gasteiger partial charge in [0.1, 0.15) is 5.75 Å². The number of halogens is 1. The van der Waals surface area contributed by atoms with E-state index in [2.05, 4.69) is 5.32 Å².